The van der Waals surface area contributed by atoms with Crippen LogP contribution in [0.3, 0.4) is 0 Å². The van der Waals surface area contributed by atoms with E-state index in [4.69, 9.17) is 0 Å². The Labute approximate surface area is 87.6 Å². The number of aliphatic hydroxyl groups is 1. The van der Waals surface area contributed by atoms with Gasteiger partial charge in [-0.15, -0.1) is 0 Å². The summed E-state index contributed by atoms with van der Waals surface area (Å²) in [7, 11) is -3.25. The molecule has 0 saturated heterocycles. The zero-order valence-electron chi connectivity index (χ0n) is 7.83. The lowest BCUT2D eigenvalue weighted by Gasteiger charge is -2.29. The molecule has 5 heteroatoms. The van der Waals surface area contributed by atoms with Crippen molar-refractivity contribution in [2.75, 3.05) is 6.26 Å². The third kappa shape index (κ3) is 2.07. The van der Waals surface area contributed by atoms with Crippen molar-refractivity contribution in [2.24, 2.45) is 5.92 Å². The van der Waals surface area contributed by atoms with E-state index < -0.39 is 19.6 Å². The second kappa shape index (κ2) is 3.51. The molecule has 78 valence electrons. The van der Waals surface area contributed by atoms with Crippen LogP contribution in [-0.2, 0) is 9.84 Å². The number of sulfone groups is 1. The quantitative estimate of drug-likeness (QED) is 0.784. The zero-order chi connectivity index (χ0) is 10.3. The van der Waals surface area contributed by atoms with Crippen LogP contribution >= 0.6 is 15.9 Å². The van der Waals surface area contributed by atoms with Crippen molar-refractivity contribution in [3.05, 3.63) is 0 Å². The molecule has 0 heterocycles. The van der Waals surface area contributed by atoms with Crippen LogP contribution in [0.25, 0.3) is 0 Å². The summed E-state index contributed by atoms with van der Waals surface area (Å²) in [5, 5.41) is 9.82. The molecule has 1 fully saturated rings. The molecule has 13 heavy (non-hydrogen) atoms. The van der Waals surface area contributed by atoms with Gasteiger partial charge in [0.25, 0.3) is 0 Å². The van der Waals surface area contributed by atoms with Crippen LogP contribution < -0.4 is 0 Å². The van der Waals surface area contributed by atoms with Crippen molar-refractivity contribution in [1.82, 2.24) is 0 Å². The molecule has 0 unspecified atom stereocenters. The van der Waals surface area contributed by atoms with Gasteiger partial charge in [-0.25, -0.2) is 8.42 Å². The highest BCUT2D eigenvalue weighted by atomic mass is 79.9. The summed E-state index contributed by atoms with van der Waals surface area (Å²) < 4.78 is 21.8. The van der Waals surface area contributed by atoms with Gasteiger partial charge in [0.2, 0.25) is 0 Å². The van der Waals surface area contributed by atoms with Crippen LogP contribution in [0, 0.1) is 5.92 Å². The van der Waals surface area contributed by atoms with Crippen LogP contribution in [0.4, 0.5) is 0 Å². The Balaban J connectivity index is 2.91. The fraction of sp³-hybridized carbons (Fsp3) is 1.00. The third-order valence-corrected chi connectivity index (χ3v) is 7.17. The van der Waals surface area contributed by atoms with Gasteiger partial charge in [0.15, 0.2) is 13.5 Å². The zero-order valence-corrected chi connectivity index (χ0v) is 10.2. The number of hydrogen-bond donors (Lipinski definition) is 1. The first-order valence-electron chi connectivity index (χ1n) is 4.39. The molecule has 0 aromatic heterocycles. The lowest BCUT2D eigenvalue weighted by molar-refractivity contribution is 0.135. The normalized spacial score (nSPS) is 25.2. The molecular formula is C8H15BrO3S. The van der Waals surface area contributed by atoms with Gasteiger partial charge in [-0.1, -0.05) is 22.9 Å². The van der Waals surface area contributed by atoms with Gasteiger partial charge >= 0.3 is 0 Å². The highest BCUT2D eigenvalue weighted by Gasteiger charge is 2.49. The van der Waals surface area contributed by atoms with Crippen LogP contribution in [0.1, 0.15) is 26.2 Å². The number of rotatable bonds is 4. The molecule has 1 N–H and O–H groups in total. The fourth-order valence-electron chi connectivity index (χ4n) is 1.45. The topological polar surface area (TPSA) is 54.4 Å². The van der Waals surface area contributed by atoms with Crippen LogP contribution in [0.2, 0.25) is 0 Å². The molecule has 0 aromatic carbocycles. The molecular weight excluding hydrogens is 256 g/mol. The molecule has 2 atom stereocenters. The summed E-state index contributed by atoms with van der Waals surface area (Å²) in [6.45, 7) is 1.77. The molecule has 0 radical (unpaired) electrons. The standard InChI is InChI=1S/C8H15BrO3S/c1-3-8(9,13(2,11)12)7(10)6-4-5-6/h6-7,10H,3-5H2,1-2H3/t7-,8+/m0/s1. The summed E-state index contributed by atoms with van der Waals surface area (Å²) in [6, 6.07) is 0. The van der Waals surface area contributed by atoms with Gasteiger partial charge in [0, 0.05) is 6.26 Å². The van der Waals surface area contributed by atoms with Gasteiger partial charge < -0.3 is 5.11 Å². The SMILES string of the molecule is CC[C@](Br)([C@@H](O)C1CC1)S(C)(=O)=O. The highest BCUT2D eigenvalue weighted by Crippen LogP contribution is 2.44. The molecule has 0 spiro atoms. The minimum absolute atomic E-state index is 0.161. The summed E-state index contributed by atoms with van der Waals surface area (Å²) >= 11 is 3.17. The smallest absolute Gasteiger partial charge is 0.165 e. The lowest BCUT2D eigenvalue weighted by Crippen LogP contribution is -2.44. The Hall–Kier alpha value is 0.390. The second-order valence-electron chi connectivity index (χ2n) is 3.69. The molecule has 0 aliphatic heterocycles. The minimum Gasteiger partial charge on any atom is -0.390 e. The van der Waals surface area contributed by atoms with E-state index in [1.54, 1.807) is 6.92 Å². The van der Waals surface area contributed by atoms with E-state index in [-0.39, 0.29) is 5.92 Å². The first kappa shape index (κ1) is 11.5. The van der Waals surface area contributed by atoms with E-state index in [0.29, 0.717) is 6.42 Å². The predicted octanol–water partition coefficient (Wildman–Crippen LogP) is 1.30. The van der Waals surface area contributed by atoms with E-state index in [0.717, 1.165) is 19.1 Å². The second-order valence-corrected chi connectivity index (χ2v) is 7.91. The Bertz CT molecular complexity index is 284. The molecule has 1 aliphatic carbocycles. The summed E-state index contributed by atoms with van der Waals surface area (Å²) in [4.78, 5) is 0. The number of hydrogen-bond acceptors (Lipinski definition) is 3. The Morgan fingerprint density at radius 3 is 2.31 bits per heavy atom. The van der Waals surface area contributed by atoms with Crippen molar-refractivity contribution in [1.29, 1.82) is 0 Å². The van der Waals surface area contributed by atoms with Crippen molar-refractivity contribution >= 4 is 25.8 Å². The largest absolute Gasteiger partial charge is 0.390 e. The maximum absolute atomic E-state index is 11.5. The van der Waals surface area contributed by atoms with Gasteiger partial charge in [-0.3, -0.25) is 0 Å². The Morgan fingerprint density at radius 2 is 2.08 bits per heavy atom. The van der Waals surface area contributed by atoms with Gasteiger partial charge in [-0.2, -0.15) is 0 Å². The summed E-state index contributed by atoms with van der Waals surface area (Å²) in [5.41, 5.74) is 0. The van der Waals surface area contributed by atoms with E-state index in [9.17, 15) is 13.5 Å². The Kier molecular flexibility index (Phi) is 3.10. The molecule has 3 nitrogen and oxygen atoms in total. The summed E-state index contributed by atoms with van der Waals surface area (Å²) in [5.74, 6) is 0.161. The van der Waals surface area contributed by atoms with E-state index in [2.05, 4.69) is 15.9 Å². The minimum atomic E-state index is -3.25. The third-order valence-electron chi connectivity index (χ3n) is 2.61. The van der Waals surface area contributed by atoms with Crippen molar-refractivity contribution < 1.29 is 13.5 Å². The molecule has 0 amide bonds. The number of halogens is 1. The maximum atomic E-state index is 11.5. The highest BCUT2D eigenvalue weighted by molar-refractivity contribution is 9.11. The van der Waals surface area contributed by atoms with Gasteiger partial charge in [0.05, 0.1) is 6.10 Å². The molecule has 1 aliphatic rings. The van der Waals surface area contributed by atoms with E-state index in [1.165, 1.54) is 0 Å². The average Bonchev–Trinajstić information content (AvgIpc) is 2.81. The monoisotopic (exact) mass is 270 g/mol. The van der Waals surface area contributed by atoms with Crippen LogP contribution in [-0.4, -0.2) is 29.5 Å². The van der Waals surface area contributed by atoms with Gasteiger partial charge in [0.1, 0.15) is 0 Å². The van der Waals surface area contributed by atoms with Crippen LogP contribution in [0.5, 0.6) is 0 Å². The molecule has 0 bridgehead atoms. The summed E-state index contributed by atoms with van der Waals surface area (Å²) in [6.07, 6.45) is 2.65. The maximum Gasteiger partial charge on any atom is 0.165 e. The molecule has 1 saturated carbocycles. The predicted molar refractivity (Wildman–Crippen MR) is 55.5 cm³/mol. The first-order chi connectivity index (χ1) is 5.83. The first-order valence-corrected chi connectivity index (χ1v) is 7.08. The fourth-order valence-corrected chi connectivity index (χ4v) is 2.98. The lowest BCUT2D eigenvalue weighted by atomic mass is 10.1. The Morgan fingerprint density at radius 1 is 1.62 bits per heavy atom. The number of alkyl halides is 1. The van der Waals surface area contributed by atoms with Crippen molar-refractivity contribution in [3.8, 4) is 0 Å². The molecule has 1 rings (SSSR count). The molecule has 0 aromatic rings. The van der Waals surface area contributed by atoms with E-state index >= 15 is 0 Å². The van der Waals surface area contributed by atoms with Crippen molar-refractivity contribution in [3.63, 3.8) is 0 Å². The van der Waals surface area contributed by atoms with Crippen LogP contribution in [0.15, 0.2) is 0 Å². The van der Waals surface area contributed by atoms with Gasteiger partial charge in [-0.05, 0) is 25.2 Å². The number of aliphatic hydroxyl groups excluding tert-OH is 1. The average molecular weight is 271 g/mol. The van der Waals surface area contributed by atoms with E-state index in [1.807, 2.05) is 0 Å². The van der Waals surface area contributed by atoms with Crippen molar-refractivity contribution in [2.45, 2.75) is 35.9 Å².